The summed E-state index contributed by atoms with van der Waals surface area (Å²) in [7, 11) is 0. The van der Waals surface area contributed by atoms with Crippen LogP contribution in [0.4, 0.5) is 5.82 Å². The molecule has 0 aliphatic heterocycles. The van der Waals surface area contributed by atoms with E-state index in [9.17, 15) is 5.11 Å². The largest absolute Gasteiger partial charge is 0.507 e. The van der Waals surface area contributed by atoms with Gasteiger partial charge in [-0.25, -0.2) is 9.97 Å². The molecule has 0 aliphatic carbocycles. The highest BCUT2D eigenvalue weighted by Gasteiger charge is 2.12. The van der Waals surface area contributed by atoms with Gasteiger partial charge in [0, 0.05) is 15.5 Å². The highest BCUT2D eigenvalue weighted by molar-refractivity contribution is 7.18. The van der Waals surface area contributed by atoms with Crippen molar-refractivity contribution in [2.45, 2.75) is 20.8 Å². The summed E-state index contributed by atoms with van der Waals surface area (Å²) in [6.45, 7) is 5.90. The number of nitrogens with zero attached hydrogens (tertiary/aromatic N) is 3. The Kier molecular flexibility index (Phi) is 4.19. The van der Waals surface area contributed by atoms with Gasteiger partial charge in [0.1, 0.15) is 16.9 Å². The van der Waals surface area contributed by atoms with Gasteiger partial charge >= 0.3 is 0 Å². The number of nitrogens with one attached hydrogen (secondary N) is 1. The summed E-state index contributed by atoms with van der Waals surface area (Å²) in [6, 6.07) is 4.85. The molecule has 118 valence electrons. The summed E-state index contributed by atoms with van der Waals surface area (Å²) in [5.74, 6) is 0.783. The van der Waals surface area contributed by atoms with Crippen LogP contribution < -0.4 is 5.43 Å². The first-order valence-electron chi connectivity index (χ1n) is 6.97. The van der Waals surface area contributed by atoms with Gasteiger partial charge < -0.3 is 5.11 Å². The number of anilines is 1. The van der Waals surface area contributed by atoms with Crippen LogP contribution >= 0.6 is 22.9 Å². The number of hydrogen-bond acceptors (Lipinski definition) is 6. The second kappa shape index (κ2) is 6.14. The SMILES string of the molecule is C/C(=N\Nc1ncnc2sc(C)c(C)c12)c1cc(Cl)ccc1O. The number of aryl methyl sites for hydroxylation is 2. The van der Waals surface area contributed by atoms with Crippen LogP contribution in [0.25, 0.3) is 10.2 Å². The molecule has 2 aromatic heterocycles. The summed E-state index contributed by atoms with van der Waals surface area (Å²) in [5, 5.41) is 15.8. The number of phenolic OH excluding ortho intramolecular Hbond substituents is 1. The van der Waals surface area contributed by atoms with Gasteiger partial charge in [-0.2, -0.15) is 5.10 Å². The van der Waals surface area contributed by atoms with E-state index in [0.29, 0.717) is 22.1 Å². The molecule has 0 saturated carbocycles. The Balaban J connectivity index is 1.98. The molecule has 23 heavy (non-hydrogen) atoms. The molecule has 0 saturated heterocycles. The Labute approximate surface area is 142 Å². The van der Waals surface area contributed by atoms with Gasteiger partial charge in [-0.1, -0.05) is 11.6 Å². The molecule has 0 spiro atoms. The maximum absolute atomic E-state index is 9.93. The van der Waals surface area contributed by atoms with Crippen molar-refractivity contribution in [3.8, 4) is 5.75 Å². The highest BCUT2D eigenvalue weighted by atomic mass is 35.5. The van der Waals surface area contributed by atoms with Crippen molar-refractivity contribution >= 4 is 44.7 Å². The number of thiophene rings is 1. The van der Waals surface area contributed by atoms with Crippen LogP contribution in [0, 0.1) is 13.8 Å². The number of hydrogen-bond donors (Lipinski definition) is 2. The summed E-state index contributed by atoms with van der Waals surface area (Å²) < 4.78 is 0. The van der Waals surface area contributed by atoms with E-state index in [0.717, 1.165) is 15.8 Å². The molecule has 0 bridgehead atoms. The first-order valence-corrected chi connectivity index (χ1v) is 8.16. The molecule has 0 unspecified atom stereocenters. The van der Waals surface area contributed by atoms with Crippen LogP contribution in [0.3, 0.4) is 0 Å². The quantitative estimate of drug-likeness (QED) is 0.541. The topological polar surface area (TPSA) is 70.4 Å². The van der Waals surface area contributed by atoms with Crippen molar-refractivity contribution in [2.24, 2.45) is 5.10 Å². The Morgan fingerprint density at radius 1 is 1.30 bits per heavy atom. The van der Waals surface area contributed by atoms with Crippen LogP contribution in [0.1, 0.15) is 22.9 Å². The Morgan fingerprint density at radius 3 is 2.87 bits per heavy atom. The normalized spacial score (nSPS) is 11.9. The molecular weight excluding hydrogens is 332 g/mol. The number of benzene rings is 1. The van der Waals surface area contributed by atoms with Crippen molar-refractivity contribution in [2.75, 3.05) is 5.43 Å². The lowest BCUT2D eigenvalue weighted by atomic mass is 10.1. The predicted octanol–water partition coefficient (Wildman–Crippen LogP) is 4.50. The van der Waals surface area contributed by atoms with Gasteiger partial charge in [0.2, 0.25) is 0 Å². The smallest absolute Gasteiger partial charge is 0.158 e. The maximum Gasteiger partial charge on any atom is 0.158 e. The van der Waals surface area contributed by atoms with E-state index >= 15 is 0 Å². The van der Waals surface area contributed by atoms with E-state index in [4.69, 9.17) is 11.6 Å². The van der Waals surface area contributed by atoms with Gasteiger partial charge in [0.05, 0.1) is 11.1 Å². The minimum Gasteiger partial charge on any atom is -0.507 e. The predicted molar refractivity (Wildman–Crippen MR) is 95.8 cm³/mol. The molecule has 3 rings (SSSR count). The summed E-state index contributed by atoms with van der Waals surface area (Å²) >= 11 is 7.60. The lowest BCUT2D eigenvalue weighted by molar-refractivity contribution is 0.474. The zero-order chi connectivity index (χ0) is 16.6. The fraction of sp³-hybridized carbons (Fsp3) is 0.188. The van der Waals surface area contributed by atoms with E-state index in [1.807, 2.05) is 6.92 Å². The zero-order valence-electron chi connectivity index (χ0n) is 12.9. The molecule has 0 atom stereocenters. The lowest BCUT2D eigenvalue weighted by Gasteiger charge is -2.07. The first-order chi connectivity index (χ1) is 11.0. The highest BCUT2D eigenvalue weighted by Crippen LogP contribution is 2.32. The van der Waals surface area contributed by atoms with Gasteiger partial charge in [0.25, 0.3) is 0 Å². The minimum absolute atomic E-state index is 0.132. The second-order valence-electron chi connectivity index (χ2n) is 5.16. The molecule has 0 fully saturated rings. The van der Waals surface area contributed by atoms with Crippen LogP contribution in [0.2, 0.25) is 5.02 Å². The molecule has 5 nitrogen and oxygen atoms in total. The molecular formula is C16H15ClN4OS. The zero-order valence-corrected chi connectivity index (χ0v) is 14.5. The maximum atomic E-state index is 9.93. The molecule has 3 aromatic rings. The van der Waals surface area contributed by atoms with Gasteiger partial charge in [-0.05, 0) is 44.5 Å². The number of aromatic nitrogens is 2. The van der Waals surface area contributed by atoms with E-state index < -0.39 is 0 Å². The number of hydrazone groups is 1. The molecule has 2 N–H and O–H groups in total. The number of fused-ring (bicyclic) bond motifs is 1. The standard InChI is InChI=1S/C16H15ClN4OS/c1-8-10(3)23-16-14(8)15(18-7-19-16)21-20-9(2)12-6-11(17)4-5-13(12)22/h4-7,22H,1-3H3,(H,18,19,21)/b20-9+. The van der Waals surface area contributed by atoms with E-state index in [1.54, 1.807) is 36.5 Å². The van der Waals surface area contributed by atoms with Crippen LogP contribution in [-0.4, -0.2) is 20.8 Å². The minimum atomic E-state index is 0.132. The van der Waals surface area contributed by atoms with Gasteiger partial charge in [-0.15, -0.1) is 11.3 Å². The Bertz CT molecular complexity index is 920. The van der Waals surface area contributed by atoms with Crippen molar-refractivity contribution in [3.05, 3.63) is 45.6 Å². The molecule has 1 aromatic carbocycles. The van der Waals surface area contributed by atoms with Crippen LogP contribution in [0.15, 0.2) is 29.6 Å². The van der Waals surface area contributed by atoms with Crippen molar-refractivity contribution in [1.82, 2.24) is 9.97 Å². The van der Waals surface area contributed by atoms with Crippen molar-refractivity contribution in [3.63, 3.8) is 0 Å². The van der Waals surface area contributed by atoms with E-state index in [1.165, 1.54) is 11.2 Å². The summed E-state index contributed by atoms with van der Waals surface area (Å²) in [4.78, 5) is 10.7. The third kappa shape index (κ3) is 3.00. The monoisotopic (exact) mass is 346 g/mol. The number of halogens is 1. The second-order valence-corrected chi connectivity index (χ2v) is 6.80. The third-order valence-corrected chi connectivity index (χ3v) is 4.99. The molecule has 0 amide bonds. The van der Waals surface area contributed by atoms with Crippen LogP contribution in [0.5, 0.6) is 5.75 Å². The van der Waals surface area contributed by atoms with Gasteiger partial charge in [0.15, 0.2) is 5.82 Å². The first kappa shape index (κ1) is 15.7. The molecule has 0 radical (unpaired) electrons. The fourth-order valence-electron chi connectivity index (χ4n) is 2.26. The summed E-state index contributed by atoms with van der Waals surface area (Å²) in [6.07, 6.45) is 1.52. The number of phenols is 1. The van der Waals surface area contributed by atoms with Crippen molar-refractivity contribution < 1.29 is 5.11 Å². The van der Waals surface area contributed by atoms with Crippen molar-refractivity contribution in [1.29, 1.82) is 0 Å². The summed E-state index contributed by atoms with van der Waals surface area (Å²) in [5.41, 5.74) is 5.31. The number of rotatable bonds is 3. The molecule has 2 heterocycles. The van der Waals surface area contributed by atoms with E-state index in [2.05, 4.69) is 27.4 Å². The molecule has 7 heteroatoms. The molecule has 0 aliphatic rings. The Morgan fingerprint density at radius 2 is 2.09 bits per heavy atom. The number of aromatic hydroxyl groups is 1. The average molecular weight is 347 g/mol. The van der Waals surface area contributed by atoms with Crippen LogP contribution in [-0.2, 0) is 0 Å². The van der Waals surface area contributed by atoms with Gasteiger partial charge in [-0.3, -0.25) is 5.43 Å². The fourth-order valence-corrected chi connectivity index (χ4v) is 3.43. The average Bonchev–Trinajstić information content (AvgIpc) is 2.82. The third-order valence-electron chi connectivity index (χ3n) is 3.64. The lowest BCUT2D eigenvalue weighted by Crippen LogP contribution is -2.02. The van der Waals surface area contributed by atoms with E-state index in [-0.39, 0.29) is 5.75 Å². The Hall–Kier alpha value is -2.18.